The Bertz CT molecular complexity index is 593. The third-order valence-corrected chi connectivity index (χ3v) is 4.14. The van der Waals surface area contributed by atoms with Crippen LogP contribution in [0.1, 0.15) is 30.6 Å². The summed E-state index contributed by atoms with van der Waals surface area (Å²) >= 11 is 0. The van der Waals surface area contributed by atoms with Crippen LogP contribution in [0.25, 0.3) is 0 Å². The Morgan fingerprint density at radius 2 is 1.83 bits per heavy atom. The maximum absolute atomic E-state index is 12.3. The van der Waals surface area contributed by atoms with Gasteiger partial charge in [-0.2, -0.15) is 0 Å². The number of hydrogen-bond acceptors (Lipinski definition) is 4. The van der Waals surface area contributed by atoms with Gasteiger partial charge >= 0.3 is 5.97 Å². The monoisotopic (exact) mass is 318 g/mol. The van der Waals surface area contributed by atoms with E-state index in [4.69, 9.17) is 4.74 Å². The van der Waals surface area contributed by atoms with Crippen LogP contribution in [0.15, 0.2) is 24.3 Å². The van der Waals surface area contributed by atoms with Gasteiger partial charge in [0.25, 0.3) is 5.91 Å². The lowest BCUT2D eigenvalue weighted by Gasteiger charge is -2.20. The molecule has 6 nitrogen and oxygen atoms in total. The van der Waals surface area contributed by atoms with Crippen LogP contribution in [-0.4, -0.2) is 49.4 Å². The van der Waals surface area contributed by atoms with Crippen LogP contribution in [0.2, 0.25) is 0 Å². The Hall–Kier alpha value is -2.37. The lowest BCUT2D eigenvalue weighted by molar-refractivity contribution is -0.145. The van der Waals surface area contributed by atoms with Crippen molar-refractivity contribution in [1.82, 2.24) is 4.90 Å². The molecular weight excluding hydrogens is 296 g/mol. The van der Waals surface area contributed by atoms with Crippen LogP contribution in [0.3, 0.4) is 0 Å². The standard InChI is InChI=1S/C17H22N2O4/c1-4-18(5-2)16(21)12-6-8-14(9-7-12)19-11-13(10-15(19)20)17(22)23-3/h6-9,13H,4-5,10-11H2,1-3H3. The highest BCUT2D eigenvalue weighted by molar-refractivity contribution is 6.00. The highest BCUT2D eigenvalue weighted by atomic mass is 16.5. The van der Waals surface area contributed by atoms with E-state index < -0.39 is 5.92 Å². The summed E-state index contributed by atoms with van der Waals surface area (Å²) in [5.74, 6) is -0.927. The molecule has 0 N–H and O–H groups in total. The van der Waals surface area contributed by atoms with Crippen LogP contribution in [0, 0.1) is 5.92 Å². The van der Waals surface area contributed by atoms with E-state index in [-0.39, 0.29) is 24.2 Å². The predicted molar refractivity (Wildman–Crippen MR) is 86.2 cm³/mol. The molecule has 1 aromatic rings. The summed E-state index contributed by atoms with van der Waals surface area (Å²) in [4.78, 5) is 39.2. The smallest absolute Gasteiger partial charge is 0.311 e. The summed E-state index contributed by atoms with van der Waals surface area (Å²) in [6.07, 6.45) is 0.160. The van der Waals surface area contributed by atoms with E-state index in [1.165, 1.54) is 7.11 Å². The second-order valence-electron chi connectivity index (χ2n) is 5.45. The van der Waals surface area contributed by atoms with Crippen LogP contribution in [-0.2, 0) is 14.3 Å². The Kier molecular flexibility index (Phi) is 5.36. The fourth-order valence-corrected chi connectivity index (χ4v) is 2.76. The molecule has 0 saturated carbocycles. The fourth-order valence-electron chi connectivity index (χ4n) is 2.76. The molecule has 2 rings (SSSR count). The zero-order valence-corrected chi connectivity index (χ0v) is 13.7. The second-order valence-corrected chi connectivity index (χ2v) is 5.45. The molecule has 124 valence electrons. The van der Waals surface area contributed by atoms with E-state index in [0.717, 1.165) is 0 Å². The number of anilines is 1. The maximum atomic E-state index is 12.3. The molecule has 0 aromatic heterocycles. The van der Waals surface area contributed by atoms with E-state index in [9.17, 15) is 14.4 Å². The van der Waals surface area contributed by atoms with Crippen molar-refractivity contribution in [3.8, 4) is 0 Å². The van der Waals surface area contributed by atoms with Gasteiger partial charge in [0.1, 0.15) is 0 Å². The minimum Gasteiger partial charge on any atom is -0.469 e. The predicted octanol–water partition coefficient (Wildman–Crippen LogP) is 1.69. The molecule has 1 heterocycles. The topological polar surface area (TPSA) is 66.9 Å². The molecule has 2 amide bonds. The van der Waals surface area contributed by atoms with Crippen molar-refractivity contribution >= 4 is 23.5 Å². The minimum absolute atomic E-state index is 0.0262. The van der Waals surface area contributed by atoms with Crippen molar-refractivity contribution in [2.24, 2.45) is 5.92 Å². The van der Waals surface area contributed by atoms with E-state index in [2.05, 4.69) is 0 Å². The Balaban J connectivity index is 2.12. The molecule has 6 heteroatoms. The molecule has 0 bridgehead atoms. The first-order chi connectivity index (χ1) is 11.0. The normalized spacial score (nSPS) is 17.3. The number of esters is 1. The van der Waals surface area contributed by atoms with E-state index >= 15 is 0 Å². The molecule has 1 aliphatic rings. The molecule has 1 aromatic carbocycles. The lowest BCUT2D eigenvalue weighted by Crippen LogP contribution is -2.30. The third-order valence-electron chi connectivity index (χ3n) is 4.14. The van der Waals surface area contributed by atoms with E-state index in [1.807, 2.05) is 13.8 Å². The number of carbonyl (C=O) groups is 3. The van der Waals surface area contributed by atoms with Gasteiger partial charge in [-0.15, -0.1) is 0 Å². The largest absolute Gasteiger partial charge is 0.469 e. The zero-order chi connectivity index (χ0) is 17.0. The van der Waals surface area contributed by atoms with Gasteiger partial charge in [0.05, 0.1) is 13.0 Å². The number of benzene rings is 1. The summed E-state index contributed by atoms with van der Waals surface area (Å²) in [6, 6.07) is 6.92. The van der Waals surface area contributed by atoms with Crippen LogP contribution in [0.4, 0.5) is 5.69 Å². The Labute approximate surface area is 136 Å². The summed E-state index contributed by atoms with van der Waals surface area (Å²) in [6.45, 7) is 5.50. The second kappa shape index (κ2) is 7.26. The Morgan fingerprint density at radius 3 is 2.35 bits per heavy atom. The summed E-state index contributed by atoms with van der Waals surface area (Å²) in [7, 11) is 1.32. The molecule has 23 heavy (non-hydrogen) atoms. The lowest BCUT2D eigenvalue weighted by atomic mass is 10.1. The molecular formula is C17H22N2O4. The van der Waals surface area contributed by atoms with Crippen molar-refractivity contribution < 1.29 is 19.1 Å². The van der Waals surface area contributed by atoms with Gasteiger partial charge < -0.3 is 14.5 Å². The van der Waals surface area contributed by atoms with E-state index in [0.29, 0.717) is 30.9 Å². The third kappa shape index (κ3) is 3.52. The molecule has 1 unspecified atom stereocenters. The molecule has 1 fully saturated rings. The molecule has 1 saturated heterocycles. The first-order valence-corrected chi connectivity index (χ1v) is 7.79. The van der Waals surface area contributed by atoms with Crippen molar-refractivity contribution in [3.05, 3.63) is 29.8 Å². The number of hydrogen-bond donors (Lipinski definition) is 0. The first kappa shape index (κ1) is 17.0. The van der Waals surface area contributed by atoms with Gasteiger partial charge in [0.15, 0.2) is 0 Å². The van der Waals surface area contributed by atoms with Crippen molar-refractivity contribution in [2.45, 2.75) is 20.3 Å². The number of carbonyl (C=O) groups excluding carboxylic acids is 3. The number of methoxy groups -OCH3 is 1. The highest BCUT2D eigenvalue weighted by Crippen LogP contribution is 2.26. The molecule has 0 spiro atoms. The van der Waals surface area contributed by atoms with Crippen LogP contribution >= 0.6 is 0 Å². The quantitative estimate of drug-likeness (QED) is 0.775. The fraction of sp³-hybridized carbons (Fsp3) is 0.471. The van der Waals surface area contributed by atoms with Gasteiger partial charge in [0.2, 0.25) is 5.91 Å². The average molecular weight is 318 g/mol. The van der Waals surface area contributed by atoms with Gasteiger partial charge in [-0.05, 0) is 38.1 Å². The number of amides is 2. The maximum Gasteiger partial charge on any atom is 0.311 e. The van der Waals surface area contributed by atoms with Crippen LogP contribution in [0.5, 0.6) is 0 Å². The minimum atomic E-state index is -0.426. The highest BCUT2D eigenvalue weighted by Gasteiger charge is 2.35. The molecule has 1 aliphatic heterocycles. The summed E-state index contributed by atoms with van der Waals surface area (Å²) < 4.78 is 4.70. The van der Waals surface area contributed by atoms with Crippen molar-refractivity contribution in [1.29, 1.82) is 0 Å². The summed E-state index contributed by atoms with van der Waals surface area (Å²) in [5, 5.41) is 0. The Morgan fingerprint density at radius 1 is 1.22 bits per heavy atom. The first-order valence-electron chi connectivity index (χ1n) is 7.79. The average Bonchev–Trinajstić information content (AvgIpc) is 2.97. The molecule has 0 aliphatic carbocycles. The number of ether oxygens (including phenoxy) is 1. The summed E-state index contributed by atoms with van der Waals surface area (Å²) in [5.41, 5.74) is 1.28. The van der Waals surface area contributed by atoms with Gasteiger partial charge in [-0.1, -0.05) is 0 Å². The molecule has 1 atom stereocenters. The SMILES string of the molecule is CCN(CC)C(=O)c1ccc(N2CC(C(=O)OC)CC2=O)cc1. The number of nitrogens with zero attached hydrogens (tertiary/aromatic N) is 2. The van der Waals surface area contributed by atoms with Crippen molar-refractivity contribution in [3.63, 3.8) is 0 Å². The van der Waals surface area contributed by atoms with Crippen molar-refractivity contribution in [2.75, 3.05) is 31.6 Å². The molecule has 0 radical (unpaired) electrons. The van der Waals surface area contributed by atoms with Gasteiger partial charge in [-0.25, -0.2) is 0 Å². The number of rotatable bonds is 5. The van der Waals surface area contributed by atoms with Crippen LogP contribution < -0.4 is 4.90 Å². The van der Waals surface area contributed by atoms with E-state index in [1.54, 1.807) is 34.1 Å². The van der Waals surface area contributed by atoms with Gasteiger partial charge in [0, 0.05) is 37.3 Å². The van der Waals surface area contributed by atoms with Gasteiger partial charge in [-0.3, -0.25) is 14.4 Å². The zero-order valence-electron chi connectivity index (χ0n) is 13.7.